The van der Waals surface area contributed by atoms with E-state index >= 15 is 0 Å². The maximum absolute atomic E-state index is 12.2. The molecule has 0 radical (unpaired) electrons. The standard InChI is InChI=1S/C16H16N4O3/c1-10-7-17-20(8-10)9-12-6-13(19-23-12)16(22)18-15-11(2)4-3-5-14(15)21/h3-8,21H,9H2,1-2H3,(H,18,22). The van der Waals surface area contributed by atoms with Crippen LogP contribution in [0.5, 0.6) is 5.75 Å². The van der Waals surface area contributed by atoms with Crippen LogP contribution in [0.3, 0.4) is 0 Å². The zero-order valence-electron chi connectivity index (χ0n) is 12.8. The van der Waals surface area contributed by atoms with Crippen LogP contribution in [-0.2, 0) is 6.54 Å². The second kappa shape index (κ2) is 5.96. The molecule has 0 spiro atoms. The van der Waals surface area contributed by atoms with Crippen molar-refractivity contribution in [2.45, 2.75) is 20.4 Å². The lowest BCUT2D eigenvalue weighted by atomic mass is 10.2. The predicted octanol–water partition coefficient (Wildman–Crippen LogP) is 2.49. The number of nitrogens with zero attached hydrogens (tertiary/aromatic N) is 3. The molecule has 2 N–H and O–H groups in total. The van der Waals surface area contributed by atoms with Crippen molar-refractivity contribution in [2.24, 2.45) is 0 Å². The van der Waals surface area contributed by atoms with E-state index in [2.05, 4.69) is 15.6 Å². The van der Waals surface area contributed by atoms with Gasteiger partial charge in [0.1, 0.15) is 12.3 Å². The number of rotatable bonds is 4. The number of aromatic hydroxyl groups is 1. The Labute approximate surface area is 132 Å². The first-order valence-corrected chi connectivity index (χ1v) is 7.07. The zero-order chi connectivity index (χ0) is 16.4. The topological polar surface area (TPSA) is 93.2 Å². The van der Waals surface area contributed by atoms with Crippen molar-refractivity contribution in [2.75, 3.05) is 5.32 Å². The van der Waals surface area contributed by atoms with Gasteiger partial charge in [-0.2, -0.15) is 5.10 Å². The summed E-state index contributed by atoms with van der Waals surface area (Å²) < 4.78 is 6.86. The van der Waals surface area contributed by atoms with E-state index in [1.54, 1.807) is 36.0 Å². The summed E-state index contributed by atoms with van der Waals surface area (Å²) in [4.78, 5) is 12.2. The molecule has 2 aromatic heterocycles. The highest BCUT2D eigenvalue weighted by molar-refractivity contribution is 6.04. The minimum Gasteiger partial charge on any atom is -0.506 e. The number of para-hydroxylation sites is 1. The molecule has 1 amide bonds. The Morgan fingerprint density at radius 3 is 2.91 bits per heavy atom. The Morgan fingerprint density at radius 2 is 2.22 bits per heavy atom. The van der Waals surface area contributed by atoms with Crippen LogP contribution in [0.2, 0.25) is 0 Å². The molecule has 7 heteroatoms. The van der Waals surface area contributed by atoms with E-state index in [-0.39, 0.29) is 11.4 Å². The number of nitrogens with one attached hydrogen (secondary N) is 1. The van der Waals surface area contributed by atoms with Gasteiger partial charge in [0, 0.05) is 12.3 Å². The Hall–Kier alpha value is -3.09. The summed E-state index contributed by atoms with van der Waals surface area (Å²) in [6.07, 6.45) is 3.61. The van der Waals surface area contributed by atoms with Crippen molar-refractivity contribution in [1.82, 2.24) is 14.9 Å². The van der Waals surface area contributed by atoms with Gasteiger partial charge in [-0.3, -0.25) is 9.48 Å². The molecule has 0 fully saturated rings. The fourth-order valence-electron chi connectivity index (χ4n) is 2.20. The van der Waals surface area contributed by atoms with Crippen molar-refractivity contribution in [3.05, 3.63) is 59.2 Å². The van der Waals surface area contributed by atoms with E-state index < -0.39 is 5.91 Å². The molecule has 0 bridgehead atoms. The molecule has 1 aromatic carbocycles. The van der Waals surface area contributed by atoms with E-state index in [0.29, 0.717) is 18.0 Å². The number of amides is 1. The van der Waals surface area contributed by atoms with Crippen molar-refractivity contribution < 1.29 is 14.4 Å². The van der Waals surface area contributed by atoms with Gasteiger partial charge in [0.15, 0.2) is 11.5 Å². The minimum atomic E-state index is -0.443. The molecule has 7 nitrogen and oxygen atoms in total. The zero-order valence-corrected chi connectivity index (χ0v) is 12.8. The van der Waals surface area contributed by atoms with Crippen LogP contribution in [0.4, 0.5) is 5.69 Å². The first kappa shape index (κ1) is 14.8. The summed E-state index contributed by atoms with van der Waals surface area (Å²) in [5.74, 6) is 0.0857. The summed E-state index contributed by atoms with van der Waals surface area (Å²) in [5.41, 5.74) is 2.31. The fraction of sp³-hybridized carbons (Fsp3) is 0.188. The smallest absolute Gasteiger partial charge is 0.277 e. The van der Waals surface area contributed by atoms with Gasteiger partial charge in [0.2, 0.25) is 0 Å². The van der Waals surface area contributed by atoms with E-state index in [1.165, 1.54) is 6.07 Å². The van der Waals surface area contributed by atoms with Gasteiger partial charge in [0.05, 0.1) is 11.9 Å². The Bertz CT molecular complexity index is 830. The van der Waals surface area contributed by atoms with Crippen LogP contribution in [0.1, 0.15) is 27.4 Å². The highest BCUT2D eigenvalue weighted by Gasteiger charge is 2.15. The van der Waals surface area contributed by atoms with Crippen LogP contribution in [0.15, 0.2) is 41.2 Å². The molecule has 0 atom stereocenters. The lowest BCUT2D eigenvalue weighted by Crippen LogP contribution is -2.13. The quantitative estimate of drug-likeness (QED) is 0.722. The second-order valence-electron chi connectivity index (χ2n) is 5.32. The summed E-state index contributed by atoms with van der Waals surface area (Å²) in [7, 11) is 0. The van der Waals surface area contributed by atoms with E-state index in [9.17, 15) is 9.90 Å². The van der Waals surface area contributed by atoms with E-state index in [0.717, 1.165) is 11.1 Å². The van der Waals surface area contributed by atoms with Crippen molar-refractivity contribution in [1.29, 1.82) is 0 Å². The molecule has 23 heavy (non-hydrogen) atoms. The molecule has 3 rings (SSSR count). The van der Waals surface area contributed by atoms with Crippen molar-refractivity contribution >= 4 is 11.6 Å². The average Bonchev–Trinajstić information content (AvgIpc) is 3.13. The normalized spacial score (nSPS) is 10.7. The molecule has 0 saturated carbocycles. The molecule has 0 unspecified atom stereocenters. The Morgan fingerprint density at radius 1 is 1.39 bits per heavy atom. The first-order valence-electron chi connectivity index (χ1n) is 7.07. The lowest BCUT2D eigenvalue weighted by Gasteiger charge is -2.08. The number of aromatic nitrogens is 3. The number of phenols is 1. The fourth-order valence-corrected chi connectivity index (χ4v) is 2.20. The molecule has 3 aromatic rings. The molecule has 0 aliphatic heterocycles. The monoisotopic (exact) mass is 312 g/mol. The second-order valence-corrected chi connectivity index (χ2v) is 5.32. The molecule has 2 heterocycles. The maximum Gasteiger partial charge on any atom is 0.277 e. The van der Waals surface area contributed by atoms with Gasteiger partial charge in [-0.1, -0.05) is 17.3 Å². The average molecular weight is 312 g/mol. The summed E-state index contributed by atoms with van der Waals surface area (Å²) in [6.45, 7) is 4.13. The van der Waals surface area contributed by atoms with Gasteiger partial charge in [-0.05, 0) is 31.0 Å². The highest BCUT2D eigenvalue weighted by Crippen LogP contribution is 2.26. The minimum absolute atomic E-state index is 0.00841. The molecular formula is C16H16N4O3. The van der Waals surface area contributed by atoms with Gasteiger partial charge >= 0.3 is 0 Å². The van der Waals surface area contributed by atoms with Crippen LogP contribution in [0, 0.1) is 13.8 Å². The molecule has 118 valence electrons. The third-order valence-corrected chi connectivity index (χ3v) is 3.36. The number of benzene rings is 1. The largest absolute Gasteiger partial charge is 0.506 e. The number of phenolic OH excluding ortho intramolecular Hbond substituents is 1. The van der Waals surface area contributed by atoms with Gasteiger partial charge in [0.25, 0.3) is 5.91 Å². The number of aryl methyl sites for hydroxylation is 2. The Balaban J connectivity index is 1.73. The number of hydrogen-bond acceptors (Lipinski definition) is 5. The maximum atomic E-state index is 12.2. The van der Waals surface area contributed by atoms with Crippen molar-refractivity contribution in [3.63, 3.8) is 0 Å². The van der Waals surface area contributed by atoms with Crippen molar-refractivity contribution in [3.8, 4) is 5.75 Å². The predicted molar refractivity (Wildman–Crippen MR) is 83.4 cm³/mol. The molecular weight excluding hydrogens is 296 g/mol. The lowest BCUT2D eigenvalue weighted by molar-refractivity contribution is 0.101. The molecule has 0 saturated heterocycles. The van der Waals surface area contributed by atoms with E-state index in [4.69, 9.17) is 4.52 Å². The first-order chi connectivity index (χ1) is 11.0. The van der Waals surface area contributed by atoms with Crippen LogP contribution < -0.4 is 5.32 Å². The number of carbonyl (C=O) groups excluding carboxylic acids is 1. The SMILES string of the molecule is Cc1cnn(Cc2cc(C(=O)Nc3c(C)cccc3O)no2)c1. The third-order valence-electron chi connectivity index (χ3n) is 3.36. The number of hydrogen-bond donors (Lipinski definition) is 2. The van der Waals surface area contributed by atoms with Crippen LogP contribution >= 0.6 is 0 Å². The van der Waals surface area contributed by atoms with Crippen LogP contribution in [0.25, 0.3) is 0 Å². The number of anilines is 1. The molecule has 0 aliphatic rings. The third kappa shape index (κ3) is 3.23. The molecule has 0 aliphatic carbocycles. The number of carbonyl (C=O) groups is 1. The van der Waals surface area contributed by atoms with E-state index in [1.807, 2.05) is 13.1 Å². The van der Waals surface area contributed by atoms with Gasteiger partial charge in [-0.25, -0.2) is 0 Å². The summed E-state index contributed by atoms with van der Waals surface area (Å²) in [5, 5.41) is 20.4. The summed E-state index contributed by atoms with van der Waals surface area (Å²) >= 11 is 0. The van der Waals surface area contributed by atoms with Gasteiger partial charge < -0.3 is 14.9 Å². The highest BCUT2D eigenvalue weighted by atomic mass is 16.5. The Kier molecular flexibility index (Phi) is 3.84. The van der Waals surface area contributed by atoms with Crippen LogP contribution in [-0.4, -0.2) is 26.0 Å². The summed E-state index contributed by atoms with van der Waals surface area (Å²) in [6, 6.07) is 6.57. The van der Waals surface area contributed by atoms with Gasteiger partial charge in [-0.15, -0.1) is 0 Å².